The molecule has 0 atom stereocenters. The molecule has 2 N–H and O–H groups in total. The number of pyridine rings is 1. The van der Waals surface area contributed by atoms with E-state index in [9.17, 15) is 0 Å². The standard InChI is InChI=1S/C17H17N5O/c1-23-15-8-3-2-7-14(15)21-17-19-11-9-16(22-17)20-12-13-6-4-5-10-18-13/h2-11H,12H2,1H3,(H2,19,20,21,22). The SMILES string of the molecule is COc1ccccc1Nc1nccc(NCc2ccccn2)n1. The van der Waals surface area contributed by atoms with Crippen molar-refractivity contribution in [2.75, 3.05) is 17.7 Å². The molecular weight excluding hydrogens is 290 g/mol. The molecule has 3 rings (SSSR count). The van der Waals surface area contributed by atoms with Gasteiger partial charge in [0.15, 0.2) is 0 Å². The second-order valence-electron chi connectivity index (χ2n) is 4.77. The number of hydrogen-bond donors (Lipinski definition) is 2. The Morgan fingerprint density at radius 1 is 0.957 bits per heavy atom. The van der Waals surface area contributed by atoms with Crippen LogP contribution in [0.4, 0.5) is 17.5 Å². The zero-order valence-electron chi connectivity index (χ0n) is 12.7. The first kappa shape index (κ1) is 14.8. The third kappa shape index (κ3) is 3.94. The summed E-state index contributed by atoms with van der Waals surface area (Å²) >= 11 is 0. The molecule has 0 fully saturated rings. The van der Waals surface area contributed by atoms with Crippen molar-refractivity contribution in [1.29, 1.82) is 0 Å². The lowest BCUT2D eigenvalue weighted by Crippen LogP contribution is -2.05. The number of anilines is 3. The Labute approximate surface area is 134 Å². The van der Waals surface area contributed by atoms with Gasteiger partial charge in [0.25, 0.3) is 0 Å². The molecule has 0 radical (unpaired) electrons. The Morgan fingerprint density at radius 2 is 1.83 bits per heavy atom. The average Bonchev–Trinajstić information content (AvgIpc) is 2.62. The normalized spacial score (nSPS) is 10.1. The predicted molar refractivity (Wildman–Crippen MR) is 89.9 cm³/mol. The van der Waals surface area contributed by atoms with Crippen LogP contribution in [0.1, 0.15) is 5.69 Å². The van der Waals surface area contributed by atoms with E-state index in [0.29, 0.717) is 12.5 Å². The molecule has 2 aromatic heterocycles. The van der Waals surface area contributed by atoms with Crippen molar-refractivity contribution in [2.24, 2.45) is 0 Å². The van der Waals surface area contributed by atoms with Crippen LogP contribution in [0, 0.1) is 0 Å². The number of ether oxygens (including phenoxy) is 1. The van der Waals surface area contributed by atoms with Gasteiger partial charge >= 0.3 is 0 Å². The van der Waals surface area contributed by atoms with Crippen LogP contribution >= 0.6 is 0 Å². The molecule has 0 saturated carbocycles. The van der Waals surface area contributed by atoms with Crippen LogP contribution in [0.5, 0.6) is 5.75 Å². The van der Waals surface area contributed by atoms with Crippen LogP contribution < -0.4 is 15.4 Å². The van der Waals surface area contributed by atoms with E-state index in [2.05, 4.69) is 25.6 Å². The second-order valence-corrected chi connectivity index (χ2v) is 4.77. The van der Waals surface area contributed by atoms with Gasteiger partial charge in [0.1, 0.15) is 11.6 Å². The number of methoxy groups -OCH3 is 1. The summed E-state index contributed by atoms with van der Waals surface area (Å²) in [5.74, 6) is 1.96. The van der Waals surface area contributed by atoms with E-state index in [0.717, 1.165) is 22.9 Å². The number of nitrogens with zero attached hydrogens (tertiary/aromatic N) is 3. The fraction of sp³-hybridized carbons (Fsp3) is 0.118. The number of aromatic nitrogens is 3. The summed E-state index contributed by atoms with van der Waals surface area (Å²) in [6.45, 7) is 0.603. The molecule has 0 aliphatic heterocycles. The van der Waals surface area contributed by atoms with Gasteiger partial charge < -0.3 is 15.4 Å². The molecule has 0 aliphatic rings. The van der Waals surface area contributed by atoms with Gasteiger partial charge in [-0.2, -0.15) is 4.98 Å². The molecular formula is C17H17N5O. The Balaban J connectivity index is 1.70. The molecule has 1 aromatic carbocycles. The Hall–Kier alpha value is -3.15. The highest BCUT2D eigenvalue weighted by molar-refractivity contribution is 5.62. The molecule has 6 heteroatoms. The highest BCUT2D eigenvalue weighted by Crippen LogP contribution is 2.25. The first-order valence-electron chi connectivity index (χ1n) is 7.22. The molecule has 0 aliphatic carbocycles. The van der Waals surface area contributed by atoms with Crippen LogP contribution in [-0.2, 0) is 6.54 Å². The van der Waals surface area contributed by atoms with Gasteiger partial charge in [0.2, 0.25) is 5.95 Å². The monoisotopic (exact) mass is 307 g/mol. The van der Waals surface area contributed by atoms with Crippen molar-refractivity contribution in [3.05, 3.63) is 66.6 Å². The zero-order chi connectivity index (χ0) is 15.9. The van der Waals surface area contributed by atoms with Crippen LogP contribution in [0.25, 0.3) is 0 Å². The molecule has 0 bridgehead atoms. The largest absolute Gasteiger partial charge is 0.495 e. The lowest BCUT2D eigenvalue weighted by molar-refractivity contribution is 0.417. The second kappa shape index (κ2) is 7.22. The van der Waals surface area contributed by atoms with Crippen molar-refractivity contribution in [2.45, 2.75) is 6.54 Å². The minimum absolute atomic E-state index is 0.500. The lowest BCUT2D eigenvalue weighted by atomic mass is 10.3. The van der Waals surface area contributed by atoms with Crippen LogP contribution in [-0.4, -0.2) is 22.1 Å². The van der Waals surface area contributed by atoms with Crippen molar-refractivity contribution >= 4 is 17.5 Å². The van der Waals surface area contributed by atoms with E-state index >= 15 is 0 Å². The van der Waals surface area contributed by atoms with E-state index < -0.39 is 0 Å². The summed E-state index contributed by atoms with van der Waals surface area (Å²) in [6, 6.07) is 15.3. The molecule has 6 nitrogen and oxygen atoms in total. The van der Waals surface area contributed by atoms with Crippen LogP contribution in [0.3, 0.4) is 0 Å². The van der Waals surface area contributed by atoms with E-state index in [1.807, 2.05) is 48.5 Å². The van der Waals surface area contributed by atoms with E-state index in [1.165, 1.54) is 0 Å². The third-order valence-corrected chi connectivity index (χ3v) is 3.19. The maximum Gasteiger partial charge on any atom is 0.229 e. The molecule has 0 amide bonds. The van der Waals surface area contributed by atoms with Gasteiger partial charge in [0, 0.05) is 12.4 Å². The zero-order valence-corrected chi connectivity index (χ0v) is 12.7. The summed E-state index contributed by atoms with van der Waals surface area (Å²) in [4.78, 5) is 12.9. The average molecular weight is 307 g/mol. The smallest absolute Gasteiger partial charge is 0.229 e. The number of nitrogens with one attached hydrogen (secondary N) is 2. The number of benzene rings is 1. The highest BCUT2D eigenvalue weighted by Gasteiger charge is 2.04. The van der Waals surface area contributed by atoms with E-state index in [1.54, 1.807) is 19.5 Å². The maximum atomic E-state index is 5.31. The Kier molecular flexibility index (Phi) is 4.63. The minimum Gasteiger partial charge on any atom is -0.495 e. The highest BCUT2D eigenvalue weighted by atomic mass is 16.5. The Morgan fingerprint density at radius 3 is 2.65 bits per heavy atom. The van der Waals surface area contributed by atoms with Crippen LogP contribution in [0.2, 0.25) is 0 Å². The molecule has 3 aromatic rings. The first-order chi connectivity index (χ1) is 11.3. The summed E-state index contributed by atoms with van der Waals surface area (Å²) in [7, 11) is 1.63. The van der Waals surface area contributed by atoms with Gasteiger partial charge in [-0.05, 0) is 30.3 Å². The van der Waals surface area contributed by atoms with Crippen molar-refractivity contribution in [1.82, 2.24) is 15.0 Å². The molecule has 0 saturated heterocycles. The topological polar surface area (TPSA) is 72.0 Å². The summed E-state index contributed by atoms with van der Waals surface area (Å²) < 4.78 is 5.31. The van der Waals surface area contributed by atoms with Crippen LogP contribution in [0.15, 0.2) is 60.9 Å². The number of para-hydroxylation sites is 2. The number of rotatable bonds is 6. The van der Waals surface area contributed by atoms with Crippen molar-refractivity contribution < 1.29 is 4.74 Å². The van der Waals surface area contributed by atoms with Gasteiger partial charge in [-0.25, -0.2) is 4.98 Å². The molecule has 0 spiro atoms. The molecule has 2 heterocycles. The van der Waals surface area contributed by atoms with E-state index in [-0.39, 0.29) is 0 Å². The summed E-state index contributed by atoms with van der Waals surface area (Å²) in [5.41, 5.74) is 1.77. The fourth-order valence-corrected chi connectivity index (χ4v) is 2.07. The lowest BCUT2D eigenvalue weighted by Gasteiger charge is -2.10. The van der Waals surface area contributed by atoms with Crippen molar-refractivity contribution in [3.63, 3.8) is 0 Å². The quantitative estimate of drug-likeness (QED) is 0.728. The summed E-state index contributed by atoms with van der Waals surface area (Å²) in [6.07, 6.45) is 3.47. The van der Waals surface area contributed by atoms with Gasteiger partial charge in [0.05, 0.1) is 25.0 Å². The van der Waals surface area contributed by atoms with Gasteiger partial charge in [-0.1, -0.05) is 18.2 Å². The maximum absolute atomic E-state index is 5.31. The molecule has 23 heavy (non-hydrogen) atoms. The molecule has 0 unspecified atom stereocenters. The predicted octanol–water partition coefficient (Wildman–Crippen LogP) is 3.24. The fourth-order valence-electron chi connectivity index (χ4n) is 2.07. The van der Waals surface area contributed by atoms with E-state index in [4.69, 9.17) is 4.74 Å². The van der Waals surface area contributed by atoms with Crippen molar-refractivity contribution in [3.8, 4) is 5.75 Å². The third-order valence-electron chi connectivity index (χ3n) is 3.19. The Bertz CT molecular complexity index is 764. The minimum atomic E-state index is 0.500. The van der Waals surface area contributed by atoms with Gasteiger partial charge in [-0.15, -0.1) is 0 Å². The molecule has 116 valence electrons. The van der Waals surface area contributed by atoms with Gasteiger partial charge in [-0.3, -0.25) is 4.98 Å². The summed E-state index contributed by atoms with van der Waals surface area (Å²) in [5, 5.41) is 6.39. The number of hydrogen-bond acceptors (Lipinski definition) is 6. The first-order valence-corrected chi connectivity index (χ1v) is 7.22.